The van der Waals surface area contributed by atoms with E-state index in [0.29, 0.717) is 30.7 Å². The normalized spacial score (nSPS) is 13.5. The van der Waals surface area contributed by atoms with Gasteiger partial charge < -0.3 is 25.0 Å². The summed E-state index contributed by atoms with van der Waals surface area (Å²) < 4.78 is 12.2. The molecule has 5 aromatic rings. The van der Waals surface area contributed by atoms with Crippen molar-refractivity contribution in [3.63, 3.8) is 0 Å². The van der Waals surface area contributed by atoms with Gasteiger partial charge in [0.1, 0.15) is 11.6 Å². The predicted octanol–water partition coefficient (Wildman–Crippen LogP) is 6.61. The summed E-state index contributed by atoms with van der Waals surface area (Å²) in [4.78, 5) is 22.0. The summed E-state index contributed by atoms with van der Waals surface area (Å²) in [6.07, 6.45) is 5.20. The van der Waals surface area contributed by atoms with Crippen molar-refractivity contribution in [1.29, 1.82) is 0 Å². The van der Waals surface area contributed by atoms with Gasteiger partial charge in [-0.05, 0) is 58.9 Å². The van der Waals surface area contributed by atoms with Gasteiger partial charge in [0, 0.05) is 64.9 Å². The quantitative estimate of drug-likeness (QED) is 0.180. The van der Waals surface area contributed by atoms with E-state index < -0.39 is 7.92 Å². The number of morpholine rings is 1. The molecule has 41 heavy (non-hydrogen) atoms. The molecule has 9 nitrogen and oxygen atoms in total. The van der Waals surface area contributed by atoms with Gasteiger partial charge in [0.25, 0.3) is 0 Å². The highest BCUT2D eigenvalue weighted by atomic mass is 79.9. The fourth-order valence-corrected chi connectivity index (χ4v) is 7.12. The summed E-state index contributed by atoms with van der Waals surface area (Å²) in [7, 11) is 1.21. The summed E-state index contributed by atoms with van der Waals surface area (Å²) in [5, 5.41) is 10.2. The summed E-state index contributed by atoms with van der Waals surface area (Å²) >= 11 is 5.34. The maximum atomic E-state index is 5.85. The number of aromatic nitrogens is 4. The van der Waals surface area contributed by atoms with Gasteiger partial charge in [-0.25, -0.2) is 4.98 Å². The monoisotopic (exact) mass is 649 g/mol. The van der Waals surface area contributed by atoms with E-state index in [4.69, 9.17) is 14.5 Å². The van der Waals surface area contributed by atoms with E-state index in [1.165, 1.54) is 4.88 Å². The Kier molecular flexibility index (Phi) is 8.30. The SMILES string of the molecule is COc1cc(N2CCOCC2)c(-c2cccs2)cc1Nc1ncc(Br)c(Nc2ccc3nccnc3c2P(C)C)n1. The molecule has 0 atom stereocenters. The van der Waals surface area contributed by atoms with Crippen molar-refractivity contribution in [3.8, 4) is 16.2 Å². The van der Waals surface area contributed by atoms with Gasteiger partial charge in [0.15, 0.2) is 0 Å². The van der Waals surface area contributed by atoms with E-state index in [-0.39, 0.29) is 0 Å². The van der Waals surface area contributed by atoms with Crippen LogP contribution in [0.5, 0.6) is 5.75 Å². The average Bonchev–Trinajstić information content (AvgIpc) is 3.54. The number of nitrogens with one attached hydrogen (secondary N) is 2. The fraction of sp³-hybridized carbons (Fsp3) is 0.241. The highest BCUT2D eigenvalue weighted by molar-refractivity contribution is 9.10. The molecule has 0 aliphatic carbocycles. The third-order valence-corrected chi connectivity index (χ3v) is 9.59. The minimum atomic E-state index is -0.473. The minimum absolute atomic E-state index is 0.447. The smallest absolute Gasteiger partial charge is 0.229 e. The zero-order chi connectivity index (χ0) is 28.3. The van der Waals surface area contributed by atoms with Crippen molar-refractivity contribution < 1.29 is 9.47 Å². The molecule has 12 heteroatoms. The predicted molar refractivity (Wildman–Crippen MR) is 174 cm³/mol. The Morgan fingerprint density at radius 3 is 2.61 bits per heavy atom. The molecule has 1 aliphatic heterocycles. The molecule has 0 spiro atoms. The second-order valence-electron chi connectivity index (χ2n) is 9.57. The van der Waals surface area contributed by atoms with Gasteiger partial charge in [0.05, 0.1) is 41.5 Å². The number of hydrogen-bond donors (Lipinski definition) is 2. The van der Waals surface area contributed by atoms with Crippen LogP contribution in [0.2, 0.25) is 0 Å². The van der Waals surface area contributed by atoms with Crippen LogP contribution in [0.1, 0.15) is 0 Å². The Morgan fingerprint density at radius 2 is 1.85 bits per heavy atom. The van der Waals surface area contributed by atoms with Crippen molar-refractivity contribution in [2.24, 2.45) is 0 Å². The van der Waals surface area contributed by atoms with Crippen LogP contribution < -0.4 is 25.6 Å². The van der Waals surface area contributed by atoms with Gasteiger partial charge in [-0.1, -0.05) is 14.0 Å². The summed E-state index contributed by atoms with van der Waals surface area (Å²) in [5.74, 6) is 1.81. The lowest BCUT2D eigenvalue weighted by molar-refractivity contribution is 0.122. The highest BCUT2D eigenvalue weighted by Gasteiger charge is 2.21. The molecule has 4 heterocycles. The summed E-state index contributed by atoms with van der Waals surface area (Å²) in [5.41, 5.74) is 5.77. The van der Waals surface area contributed by atoms with Crippen molar-refractivity contribution in [3.05, 3.63) is 64.8 Å². The first-order chi connectivity index (χ1) is 20.0. The number of ether oxygens (including phenoxy) is 2. The number of hydrogen-bond acceptors (Lipinski definition) is 10. The van der Waals surface area contributed by atoms with Crippen LogP contribution in [0.15, 0.2) is 64.8 Å². The zero-order valence-electron chi connectivity index (χ0n) is 22.9. The Balaban J connectivity index is 1.36. The van der Waals surface area contributed by atoms with Crippen molar-refractivity contribution in [2.75, 3.05) is 62.3 Å². The van der Waals surface area contributed by atoms with Crippen LogP contribution in [0.4, 0.5) is 28.8 Å². The maximum absolute atomic E-state index is 5.85. The molecule has 0 radical (unpaired) electrons. The second kappa shape index (κ2) is 12.2. The Hall–Kier alpha value is -3.37. The van der Waals surface area contributed by atoms with Crippen molar-refractivity contribution in [2.45, 2.75) is 0 Å². The van der Waals surface area contributed by atoms with E-state index in [1.807, 2.05) is 12.1 Å². The summed E-state index contributed by atoms with van der Waals surface area (Å²) in [6, 6.07) is 12.4. The van der Waals surface area contributed by atoms with Gasteiger partial charge in [0.2, 0.25) is 5.95 Å². The van der Waals surface area contributed by atoms with Gasteiger partial charge in [-0.3, -0.25) is 9.97 Å². The van der Waals surface area contributed by atoms with Crippen LogP contribution in [0, 0.1) is 0 Å². The molecule has 0 saturated carbocycles. The molecule has 2 N–H and O–H groups in total. The molecule has 1 saturated heterocycles. The lowest BCUT2D eigenvalue weighted by Gasteiger charge is -2.31. The number of thiophene rings is 1. The van der Waals surface area contributed by atoms with Crippen molar-refractivity contribution >= 4 is 80.4 Å². The molecule has 6 rings (SSSR count). The molecule has 3 aromatic heterocycles. The minimum Gasteiger partial charge on any atom is -0.494 e. The largest absolute Gasteiger partial charge is 0.494 e. The number of methoxy groups -OCH3 is 1. The number of rotatable bonds is 8. The molecule has 210 valence electrons. The third kappa shape index (κ3) is 5.85. The summed E-state index contributed by atoms with van der Waals surface area (Å²) in [6.45, 7) is 7.50. The standard InChI is InChI=1S/C29H29BrN7O2PS/c1-38-24-16-23(37-10-12-39-13-11-37)18(25-5-4-14-41-25)15-22(24)35-29-33-17-19(30)28(36-29)34-21-7-6-20-26(27(21)40(2)3)32-9-8-31-20/h4-9,14-17H,10-13H2,1-3H3,(H2,33,34,35,36). The van der Waals surface area contributed by atoms with E-state index in [2.05, 4.69) is 89.4 Å². The molecule has 1 aliphatic rings. The van der Waals surface area contributed by atoms with Gasteiger partial charge in [-0.2, -0.15) is 4.98 Å². The highest BCUT2D eigenvalue weighted by Crippen LogP contribution is 2.42. The maximum Gasteiger partial charge on any atom is 0.229 e. The number of fused-ring (bicyclic) bond motifs is 1. The van der Waals surface area contributed by atoms with E-state index in [9.17, 15) is 0 Å². The molecule has 0 unspecified atom stereocenters. The Morgan fingerprint density at radius 1 is 1.02 bits per heavy atom. The molecular formula is C29H29BrN7O2PS. The number of nitrogens with zero attached hydrogens (tertiary/aromatic N) is 5. The number of benzene rings is 2. The lowest BCUT2D eigenvalue weighted by atomic mass is 10.1. The van der Waals surface area contributed by atoms with E-state index in [0.717, 1.165) is 56.5 Å². The molecule has 1 fully saturated rings. The van der Waals surface area contributed by atoms with Crippen LogP contribution in [-0.4, -0.2) is 66.7 Å². The van der Waals surface area contributed by atoms with E-state index >= 15 is 0 Å². The topological polar surface area (TPSA) is 97.3 Å². The first-order valence-corrected chi connectivity index (χ1v) is 17.0. The van der Waals surface area contributed by atoms with E-state index in [1.54, 1.807) is 37.0 Å². The molecule has 0 bridgehead atoms. The Labute approximate surface area is 252 Å². The molecule has 0 amide bonds. The fourth-order valence-electron chi connectivity index (χ4n) is 4.87. The third-order valence-electron chi connectivity index (χ3n) is 6.76. The van der Waals surface area contributed by atoms with Gasteiger partial charge in [-0.15, -0.1) is 11.3 Å². The van der Waals surface area contributed by atoms with Crippen LogP contribution in [0.3, 0.4) is 0 Å². The zero-order valence-corrected chi connectivity index (χ0v) is 26.2. The van der Waals surface area contributed by atoms with Gasteiger partial charge >= 0.3 is 0 Å². The molecular weight excluding hydrogens is 621 g/mol. The molecule has 2 aromatic carbocycles. The Bertz CT molecular complexity index is 1680. The lowest BCUT2D eigenvalue weighted by Crippen LogP contribution is -2.36. The van der Waals surface area contributed by atoms with Crippen molar-refractivity contribution in [1.82, 2.24) is 19.9 Å². The van der Waals surface area contributed by atoms with Crippen LogP contribution in [-0.2, 0) is 4.74 Å². The number of anilines is 5. The van der Waals surface area contributed by atoms with Crippen LogP contribution >= 0.6 is 35.2 Å². The first-order valence-electron chi connectivity index (χ1n) is 13.1. The van der Waals surface area contributed by atoms with Crippen LogP contribution in [0.25, 0.3) is 21.5 Å². The number of halogens is 1. The average molecular weight is 651 g/mol. The first kappa shape index (κ1) is 27.8. The second-order valence-corrected chi connectivity index (χ2v) is 13.6.